The molecule has 0 saturated carbocycles. The van der Waals surface area contributed by atoms with Gasteiger partial charge in [-0.3, -0.25) is 0 Å². The molecule has 0 atom stereocenters. The van der Waals surface area contributed by atoms with Gasteiger partial charge in [0.2, 0.25) is 5.88 Å². The number of aliphatic imine (C=N–C) groups is 1. The van der Waals surface area contributed by atoms with Crippen molar-refractivity contribution >= 4 is 29.8 Å². The van der Waals surface area contributed by atoms with Gasteiger partial charge in [0.15, 0.2) is 11.5 Å². The van der Waals surface area contributed by atoms with E-state index in [0.29, 0.717) is 27.9 Å². The molecule has 0 N–H and O–H groups in total. The first-order valence-electron chi connectivity index (χ1n) is 8.37. The van der Waals surface area contributed by atoms with Gasteiger partial charge in [-0.15, -0.1) is 0 Å². The van der Waals surface area contributed by atoms with Gasteiger partial charge in [-0.2, -0.15) is 5.26 Å². The molecule has 0 fully saturated rings. The number of hydrogen-bond acceptors (Lipinski definition) is 5. The van der Waals surface area contributed by atoms with Crippen LogP contribution in [0.15, 0.2) is 90.4 Å². The SMILES string of the molecule is N#Cc1c(/N=C/C(Cl)=C/c2ccccc2)oc(-c2ccco2)c1-c1ccco1. The van der Waals surface area contributed by atoms with E-state index in [1.54, 1.807) is 30.3 Å². The molecule has 0 saturated heterocycles. The summed E-state index contributed by atoms with van der Waals surface area (Å²) in [4.78, 5) is 4.28. The lowest BCUT2D eigenvalue weighted by Gasteiger charge is -1.96. The van der Waals surface area contributed by atoms with Gasteiger partial charge in [0.1, 0.15) is 17.4 Å². The number of furan rings is 3. The molecular formula is C22H13ClN2O3. The van der Waals surface area contributed by atoms with E-state index in [9.17, 15) is 5.26 Å². The maximum Gasteiger partial charge on any atom is 0.238 e. The van der Waals surface area contributed by atoms with Gasteiger partial charge >= 0.3 is 0 Å². The number of benzene rings is 1. The Labute approximate surface area is 165 Å². The lowest BCUT2D eigenvalue weighted by Crippen LogP contribution is -1.80. The van der Waals surface area contributed by atoms with Crippen molar-refractivity contribution in [3.05, 3.63) is 83.3 Å². The van der Waals surface area contributed by atoms with Crippen LogP contribution in [0.5, 0.6) is 0 Å². The molecule has 5 nitrogen and oxygen atoms in total. The summed E-state index contributed by atoms with van der Waals surface area (Å²) < 4.78 is 16.8. The highest BCUT2D eigenvalue weighted by Crippen LogP contribution is 2.42. The molecule has 0 bridgehead atoms. The van der Waals surface area contributed by atoms with Gasteiger partial charge in [-0.25, -0.2) is 4.99 Å². The van der Waals surface area contributed by atoms with Crippen molar-refractivity contribution in [3.8, 4) is 28.9 Å². The molecule has 3 aromatic heterocycles. The van der Waals surface area contributed by atoms with Crippen LogP contribution in [-0.2, 0) is 0 Å². The van der Waals surface area contributed by atoms with E-state index in [2.05, 4.69) is 11.1 Å². The monoisotopic (exact) mass is 388 g/mol. The van der Waals surface area contributed by atoms with Gasteiger partial charge in [0.25, 0.3) is 0 Å². The molecule has 3 heterocycles. The molecule has 6 heteroatoms. The van der Waals surface area contributed by atoms with Gasteiger partial charge in [-0.1, -0.05) is 41.9 Å². The average Bonchev–Trinajstić information content (AvgIpc) is 3.46. The summed E-state index contributed by atoms with van der Waals surface area (Å²) in [5.41, 5.74) is 1.66. The summed E-state index contributed by atoms with van der Waals surface area (Å²) in [6.07, 6.45) is 6.25. The average molecular weight is 389 g/mol. The van der Waals surface area contributed by atoms with Crippen LogP contribution in [0.2, 0.25) is 0 Å². The second kappa shape index (κ2) is 7.87. The third-order valence-electron chi connectivity index (χ3n) is 3.92. The minimum Gasteiger partial charge on any atom is -0.464 e. The Kier molecular flexibility index (Phi) is 4.96. The van der Waals surface area contributed by atoms with Crippen molar-refractivity contribution in [3.63, 3.8) is 0 Å². The molecule has 0 radical (unpaired) electrons. The second-order valence-electron chi connectivity index (χ2n) is 5.75. The Hall–Kier alpha value is -3.75. The highest BCUT2D eigenvalue weighted by atomic mass is 35.5. The van der Waals surface area contributed by atoms with Crippen LogP contribution in [0.3, 0.4) is 0 Å². The highest BCUT2D eigenvalue weighted by molar-refractivity contribution is 6.41. The Balaban J connectivity index is 1.77. The fourth-order valence-electron chi connectivity index (χ4n) is 2.72. The second-order valence-corrected chi connectivity index (χ2v) is 6.19. The third kappa shape index (κ3) is 3.54. The summed E-state index contributed by atoms with van der Waals surface area (Å²) in [6, 6.07) is 18.7. The van der Waals surface area contributed by atoms with Crippen molar-refractivity contribution in [2.45, 2.75) is 0 Å². The molecule has 28 heavy (non-hydrogen) atoms. The van der Waals surface area contributed by atoms with Crippen molar-refractivity contribution < 1.29 is 13.3 Å². The Bertz CT molecular complexity index is 1160. The van der Waals surface area contributed by atoms with Gasteiger partial charge in [0.05, 0.1) is 23.1 Å². The first kappa shape index (κ1) is 17.7. The largest absolute Gasteiger partial charge is 0.464 e. The topological polar surface area (TPSA) is 75.6 Å². The summed E-state index contributed by atoms with van der Waals surface area (Å²) in [7, 11) is 0. The van der Waals surface area contributed by atoms with Crippen LogP contribution in [0.25, 0.3) is 28.9 Å². The maximum atomic E-state index is 9.71. The normalized spacial score (nSPS) is 11.8. The smallest absolute Gasteiger partial charge is 0.238 e. The zero-order valence-corrected chi connectivity index (χ0v) is 15.3. The van der Waals surface area contributed by atoms with Crippen molar-refractivity contribution in [1.82, 2.24) is 0 Å². The van der Waals surface area contributed by atoms with E-state index in [0.717, 1.165) is 5.56 Å². The molecule has 4 rings (SSSR count). The van der Waals surface area contributed by atoms with Crippen LogP contribution in [-0.4, -0.2) is 6.21 Å². The minimum atomic E-state index is 0.125. The summed E-state index contributed by atoms with van der Waals surface area (Å²) >= 11 is 6.26. The Morgan fingerprint density at radius 1 is 0.964 bits per heavy atom. The van der Waals surface area contributed by atoms with Crippen LogP contribution >= 0.6 is 11.6 Å². The van der Waals surface area contributed by atoms with Crippen LogP contribution in [0.4, 0.5) is 5.88 Å². The first-order chi connectivity index (χ1) is 13.8. The third-order valence-corrected chi connectivity index (χ3v) is 4.13. The number of nitrogens with zero attached hydrogens (tertiary/aromatic N) is 2. The predicted octanol–water partition coefficient (Wildman–Crippen LogP) is 6.65. The van der Waals surface area contributed by atoms with E-state index in [4.69, 9.17) is 24.9 Å². The number of allylic oxidation sites excluding steroid dienone is 1. The lowest BCUT2D eigenvalue weighted by atomic mass is 10.1. The molecule has 1 aromatic carbocycles. The van der Waals surface area contributed by atoms with Crippen LogP contribution < -0.4 is 0 Å². The highest BCUT2D eigenvalue weighted by Gasteiger charge is 2.25. The molecule has 0 aliphatic rings. The van der Waals surface area contributed by atoms with Crippen LogP contribution in [0, 0.1) is 11.3 Å². The summed E-state index contributed by atoms with van der Waals surface area (Å²) in [6.45, 7) is 0. The van der Waals surface area contributed by atoms with Crippen molar-refractivity contribution in [2.75, 3.05) is 0 Å². The maximum absolute atomic E-state index is 9.71. The number of rotatable bonds is 5. The van der Waals surface area contributed by atoms with Crippen molar-refractivity contribution in [2.24, 2.45) is 4.99 Å². The number of hydrogen-bond donors (Lipinski definition) is 0. The quantitative estimate of drug-likeness (QED) is 0.358. The number of halogens is 1. The molecular weight excluding hydrogens is 376 g/mol. The molecule has 4 aromatic rings. The zero-order chi connectivity index (χ0) is 19.3. The molecule has 136 valence electrons. The molecule has 0 amide bonds. The van der Waals surface area contributed by atoms with Crippen molar-refractivity contribution in [1.29, 1.82) is 5.26 Å². The fourth-order valence-corrected chi connectivity index (χ4v) is 2.89. The summed E-state index contributed by atoms with van der Waals surface area (Å²) in [5, 5.41) is 10.1. The number of nitriles is 1. The molecule has 0 unspecified atom stereocenters. The minimum absolute atomic E-state index is 0.125. The first-order valence-corrected chi connectivity index (χ1v) is 8.75. The molecule has 0 aliphatic carbocycles. The van der Waals surface area contributed by atoms with Crippen LogP contribution in [0.1, 0.15) is 11.1 Å². The summed E-state index contributed by atoms with van der Waals surface area (Å²) in [5.74, 6) is 1.45. The van der Waals surface area contributed by atoms with Gasteiger partial charge < -0.3 is 13.3 Å². The lowest BCUT2D eigenvalue weighted by molar-refractivity contribution is 0.527. The van der Waals surface area contributed by atoms with Gasteiger partial charge in [0, 0.05) is 6.21 Å². The van der Waals surface area contributed by atoms with E-state index < -0.39 is 0 Å². The molecule has 0 aliphatic heterocycles. The zero-order valence-electron chi connectivity index (χ0n) is 14.5. The van der Waals surface area contributed by atoms with E-state index >= 15 is 0 Å². The van der Waals surface area contributed by atoms with E-state index in [1.807, 2.05) is 30.3 Å². The Morgan fingerprint density at radius 3 is 2.32 bits per heavy atom. The standard InChI is InChI=1S/C22H13ClN2O3/c23-16(12-15-6-2-1-3-7-15)14-25-22-17(13-24)20(18-8-4-10-26-18)21(28-22)19-9-5-11-27-19/h1-12,14H/b16-12-,25-14+. The van der Waals surface area contributed by atoms with E-state index in [-0.39, 0.29) is 11.4 Å². The predicted molar refractivity (Wildman–Crippen MR) is 107 cm³/mol. The van der Waals surface area contributed by atoms with E-state index in [1.165, 1.54) is 18.7 Å². The molecule has 0 spiro atoms. The fraction of sp³-hybridized carbons (Fsp3) is 0. The Morgan fingerprint density at radius 2 is 1.68 bits per heavy atom. The van der Waals surface area contributed by atoms with Gasteiger partial charge in [-0.05, 0) is 35.9 Å².